The van der Waals surface area contributed by atoms with Crippen LogP contribution in [0.5, 0.6) is 0 Å². The van der Waals surface area contributed by atoms with Crippen molar-refractivity contribution in [2.24, 2.45) is 5.92 Å². The Morgan fingerprint density at radius 1 is 1.12 bits per heavy atom. The normalized spacial score (nSPS) is 25.5. The summed E-state index contributed by atoms with van der Waals surface area (Å²) in [4.78, 5) is 34.0. The molecule has 0 aliphatic carbocycles. The highest BCUT2D eigenvalue weighted by Crippen LogP contribution is 2.26. The van der Waals surface area contributed by atoms with Gasteiger partial charge in [-0.2, -0.15) is 0 Å². The number of nitrogens with zero attached hydrogens (tertiary/aromatic N) is 3. The van der Waals surface area contributed by atoms with Gasteiger partial charge in [0.2, 0.25) is 5.95 Å². The molecule has 2 aliphatic heterocycles. The van der Waals surface area contributed by atoms with E-state index < -0.39 is 12.1 Å². The highest BCUT2D eigenvalue weighted by Gasteiger charge is 2.49. The van der Waals surface area contributed by atoms with E-state index in [1.165, 1.54) is 5.01 Å². The zero-order chi connectivity index (χ0) is 18.3. The van der Waals surface area contributed by atoms with E-state index in [4.69, 9.17) is 0 Å². The number of amides is 1. The number of nitrogens with one attached hydrogen (secondary N) is 2. The first-order valence-corrected chi connectivity index (χ1v) is 8.76. The first-order valence-electron chi connectivity index (χ1n) is 8.76. The molecule has 2 saturated heterocycles. The molecule has 0 bridgehead atoms. The van der Waals surface area contributed by atoms with Crippen molar-refractivity contribution in [3.8, 4) is 0 Å². The number of anilines is 1. The molecule has 26 heavy (non-hydrogen) atoms. The third kappa shape index (κ3) is 3.11. The third-order valence-corrected chi connectivity index (χ3v) is 4.79. The second-order valence-corrected chi connectivity index (χ2v) is 6.93. The van der Waals surface area contributed by atoms with Crippen molar-refractivity contribution < 1.29 is 9.59 Å². The second kappa shape index (κ2) is 6.59. The summed E-state index contributed by atoms with van der Waals surface area (Å²) in [5.74, 6) is -0.780. The van der Waals surface area contributed by atoms with Crippen LogP contribution in [0, 0.1) is 19.8 Å². The molecule has 0 radical (unpaired) electrons. The largest absolute Gasteiger partial charge is 0.299 e. The van der Waals surface area contributed by atoms with Gasteiger partial charge in [-0.05, 0) is 31.9 Å². The van der Waals surface area contributed by atoms with Crippen molar-refractivity contribution in [3.05, 3.63) is 53.3 Å². The zero-order valence-electron chi connectivity index (χ0n) is 14.8. The zero-order valence-corrected chi connectivity index (χ0v) is 14.8. The molecule has 0 saturated carbocycles. The average Bonchev–Trinajstić information content (AvgIpc) is 2.92. The van der Waals surface area contributed by atoms with Gasteiger partial charge >= 0.3 is 0 Å². The van der Waals surface area contributed by atoms with E-state index >= 15 is 0 Å². The van der Waals surface area contributed by atoms with Gasteiger partial charge in [-0.25, -0.2) is 20.4 Å². The Labute approximate surface area is 151 Å². The summed E-state index contributed by atoms with van der Waals surface area (Å²) in [6.07, 6.45) is 0.651. The van der Waals surface area contributed by atoms with Gasteiger partial charge < -0.3 is 0 Å². The Hall–Kier alpha value is -2.64. The maximum absolute atomic E-state index is 12.8. The van der Waals surface area contributed by atoms with Crippen molar-refractivity contribution in [1.29, 1.82) is 0 Å². The van der Waals surface area contributed by atoms with Crippen LogP contribution >= 0.6 is 0 Å². The predicted octanol–water partition coefficient (Wildman–Crippen LogP) is 1.06. The van der Waals surface area contributed by atoms with E-state index in [1.54, 1.807) is 0 Å². The van der Waals surface area contributed by atoms with Crippen molar-refractivity contribution in [2.75, 3.05) is 5.01 Å². The Bertz CT molecular complexity index is 834. The fourth-order valence-electron chi connectivity index (χ4n) is 3.69. The Morgan fingerprint density at radius 2 is 1.81 bits per heavy atom. The molecule has 3 unspecified atom stereocenters. The molecule has 7 heteroatoms. The Balaban J connectivity index is 1.54. The maximum atomic E-state index is 12.8. The molecule has 2 N–H and O–H groups in total. The number of aromatic nitrogens is 2. The van der Waals surface area contributed by atoms with Gasteiger partial charge in [-0.15, -0.1) is 0 Å². The van der Waals surface area contributed by atoms with Crippen molar-refractivity contribution in [3.63, 3.8) is 0 Å². The summed E-state index contributed by atoms with van der Waals surface area (Å²) in [5, 5.41) is 4.71. The number of benzene rings is 1. The standard InChI is InChI=1S/C19H21N5O2/c1-11-8-12(2)21-19(20-11)24-18(26)16-15(25)10-14(22-17(16)23-24)9-13-6-4-3-5-7-13/h3-8,14,16-17,22-23H,9-10H2,1-2H3. The first kappa shape index (κ1) is 16.8. The number of Topliss-reactive ketones (excluding diaryl/α,β-unsaturated/α-hetero) is 1. The number of aryl methyl sites for hydroxylation is 2. The summed E-state index contributed by atoms with van der Waals surface area (Å²) in [6.45, 7) is 3.70. The van der Waals surface area contributed by atoms with Crippen LogP contribution in [0.4, 0.5) is 5.95 Å². The van der Waals surface area contributed by atoms with Crippen molar-refractivity contribution in [2.45, 2.75) is 38.9 Å². The van der Waals surface area contributed by atoms with E-state index in [1.807, 2.05) is 50.2 Å². The number of piperidine rings is 1. The number of fused-ring (bicyclic) bond motifs is 1. The minimum atomic E-state index is -0.730. The van der Waals surface area contributed by atoms with E-state index in [2.05, 4.69) is 20.7 Å². The number of hydrazine groups is 1. The minimum absolute atomic E-state index is 0.00781. The van der Waals surface area contributed by atoms with Crippen LogP contribution in [0.15, 0.2) is 36.4 Å². The van der Waals surface area contributed by atoms with Crippen LogP contribution < -0.4 is 15.8 Å². The minimum Gasteiger partial charge on any atom is -0.299 e. The average molecular weight is 351 g/mol. The van der Waals surface area contributed by atoms with Gasteiger partial charge in [0.25, 0.3) is 5.91 Å². The van der Waals surface area contributed by atoms with E-state index in [-0.39, 0.29) is 23.7 Å². The second-order valence-electron chi connectivity index (χ2n) is 6.93. The van der Waals surface area contributed by atoms with Crippen LogP contribution in [0.25, 0.3) is 0 Å². The van der Waals surface area contributed by atoms with Crippen molar-refractivity contribution >= 4 is 17.6 Å². The molecule has 3 atom stereocenters. The van der Waals surface area contributed by atoms with Crippen LogP contribution in [0.2, 0.25) is 0 Å². The number of ketones is 1. The van der Waals surface area contributed by atoms with Gasteiger partial charge in [0.15, 0.2) is 0 Å². The SMILES string of the molecule is Cc1cc(C)nc(N2NC3NC(Cc4ccccc4)CC(=O)C3C2=O)n1. The number of hydrogen-bond acceptors (Lipinski definition) is 6. The molecule has 0 spiro atoms. The molecule has 1 aromatic carbocycles. The molecular formula is C19H21N5O2. The molecule has 2 aromatic rings. The van der Waals surface area contributed by atoms with E-state index in [9.17, 15) is 9.59 Å². The molecule has 2 aliphatic rings. The number of carbonyl (C=O) groups excluding carboxylic acids is 2. The molecule has 4 rings (SSSR count). The topological polar surface area (TPSA) is 87.2 Å². The van der Waals surface area contributed by atoms with E-state index in [0.717, 1.165) is 23.4 Å². The molecule has 134 valence electrons. The van der Waals surface area contributed by atoms with Crippen LogP contribution in [-0.4, -0.2) is 33.9 Å². The quantitative estimate of drug-likeness (QED) is 0.804. The Morgan fingerprint density at radius 3 is 2.50 bits per heavy atom. The number of carbonyl (C=O) groups is 2. The van der Waals surface area contributed by atoms with Gasteiger partial charge in [-0.1, -0.05) is 30.3 Å². The fourth-order valence-corrected chi connectivity index (χ4v) is 3.69. The molecule has 2 fully saturated rings. The molecule has 1 amide bonds. The predicted molar refractivity (Wildman–Crippen MR) is 96.1 cm³/mol. The van der Waals surface area contributed by atoms with Crippen LogP contribution in [0.3, 0.4) is 0 Å². The monoisotopic (exact) mass is 351 g/mol. The van der Waals surface area contributed by atoms with Gasteiger partial charge in [0.1, 0.15) is 11.7 Å². The lowest BCUT2D eigenvalue weighted by Crippen LogP contribution is -2.56. The van der Waals surface area contributed by atoms with Gasteiger partial charge in [0, 0.05) is 23.9 Å². The van der Waals surface area contributed by atoms with Crippen LogP contribution in [0.1, 0.15) is 23.4 Å². The van der Waals surface area contributed by atoms with Gasteiger partial charge in [0.05, 0.1) is 6.17 Å². The summed E-state index contributed by atoms with van der Waals surface area (Å²) >= 11 is 0. The summed E-state index contributed by atoms with van der Waals surface area (Å²) in [7, 11) is 0. The smallest absolute Gasteiger partial charge is 0.257 e. The lowest BCUT2D eigenvalue weighted by atomic mass is 9.88. The lowest BCUT2D eigenvalue weighted by molar-refractivity contribution is -0.133. The molecular weight excluding hydrogens is 330 g/mol. The molecule has 3 heterocycles. The third-order valence-electron chi connectivity index (χ3n) is 4.79. The number of rotatable bonds is 3. The highest BCUT2D eigenvalue weighted by molar-refractivity contribution is 6.10. The maximum Gasteiger partial charge on any atom is 0.257 e. The van der Waals surface area contributed by atoms with Crippen LogP contribution in [-0.2, 0) is 16.0 Å². The molecule has 1 aromatic heterocycles. The molecule has 7 nitrogen and oxygen atoms in total. The van der Waals surface area contributed by atoms with E-state index in [0.29, 0.717) is 6.42 Å². The first-order chi connectivity index (χ1) is 12.5. The Kier molecular flexibility index (Phi) is 4.26. The number of hydrogen-bond donors (Lipinski definition) is 2. The van der Waals surface area contributed by atoms with Crippen molar-refractivity contribution in [1.82, 2.24) is 20.7 Å². The highest BCUT2D eigenvalue weighted by atomic mass is 16.2. The summed E-state index contributed by atoms with van der Waals surface area (Å²) in [5.41, 5.74) is 5.80. The lowest BCUT2D eigenvalue weighted by Gasteiger charge is -2.30. The summed E-state index contributed by atoms with van der Waals surface area (Å²) in [6, 6.07) is 11.9. The van der Waals surface area contributed by atoms with Gasteiger partial charge in [-0.3, -0.25) is 14.9 Å². The fraction of sp³-hybridized carbons (Fsp3) is 0.368. The summed E-state index contributed by atoms with van der Waals surface area (Å²) < 4.78 is 0.